The molecule has 1 aromatic heterocycles. The average Bonchev–Trinajstić information content (AvgIpc) is 2.12. The van der Waals surface area contributed by atoms with Crippen molar-refractivity contribution in [2.24, 2.45) is 5.73 Å². The number of rotatable bonds is 2. The van der Waals surface area contributed by atoms with E-state index in [0.29, 0.717) is 12.0 Å². The fraction of sp³-hybridized carbons (Fsp3) is 0.636. The molecular weight excluding hydrogens is 188 g/mol. The quantitative estimate of drug-likeness (QED) is 0.786. The standard InChI is InChI=1S/C11H18N4/c1-7(2)11-13-8(3)4-10(14-11)15-5-9(12)6-15/h4,7,9H,5-6,12H2,1-3H3. The first-order chi connectivity index (χ1) is 7.06. The van der Waals surface area contributed by atoms with Crippen LogP contribution in [0.1, 0.15) is 31.3 Å². The molecule has 0 bridgehead atoms. The molecule has 0 aromatic carbocycles. The summed E-state index contributed by atoms with van der Waals surface area (Å²) in [7, 11) is 0. The summed E-state index contributed by atoms with van der Waals surface area (Å²) in [5, 5.41) is 0. The van der Waals surface area contributed by atoms with Crippen molar-refractivity contribution in [3.05, 3.63) is 17.6 Å². The molecule has 0 aliphatic carbocycles. The SMILES string of the molecule is Cc1cc(N2CC(N)C2)nc(C(C)C)n1. The highest BCUT2D eigenvalue weighted by atomic mass is 15.3. The molecule has 1 aliphatic heterocycles. The molecule has 1 saturated heterocycles. The zero-order valence-corrected chi connectivity index (χ0v) is 9.57. The van der Waals surface area contributed by atoms with E-state index in [1.54, 1.807) is 0 Å². The number of aryl methyl sites for hydroxylation is 1. The molecule has 2 heterocycles. The van der Waals surface area contributed by atoms with Crippen LogP contribution >= 0.6 is 0 Å². The first-order valence-corrected chi connectivity index (χ1v) is 5.42. The van der Waals surface area contributed by atoms with Crippen molar-refractivity contribution in [3.63, 3.8) is 0 Å². The second-order valence-corrected chi connectivity index (χ2v) is 4.55. The van der Waals surface area contributed by atoms with Gasteiger partial charge in [-0.1, -0.05) is 13.8 Å². The smallest absolute Gasteiger partial charge is 0.133 e. The van der Waals surface area contributed by atoms with Gasteiger partial charge in [-0.3, -0.25) is 0 Å². The molecule has 0 radical (unpaired) electrons. The fourth-order valence-corrected chi connectivity index (χ4v) is 1.69. The Morgan fingerprint density at radius 3 is 2.60 bits per heavy atom. The first-order valence-electron chi connectivity index (χ1n) is 5.42. The van der Waals surface area contributed by atoms with Crippen LogP contribution in [0.25, 0.3) is 0 Å². The molecule has 4 heteroatoms. The molecule has 0 saturated carbocycles. The van der Waals surface area contributed by atoms with E-state index in [1.165, 1.54) is 0 Å². The van der Waals surface area contributed by atoms with Gasteiger partial charge in [-0.25, -0.2) is 9.97 Å². The monoisotopic (exact) mass is 206 g/mol. The van der Waals surface area contributed by atoms with Crippen molar-refractivity contribution in [1.29, 1.82) is 0 Å². The van der Waals surface area contributed by atoms with Gasteiger partial charge in [-0.2, -0.15) is 0 Å². The van der Waals surface area contributed by atoms with Gasteiger partial charge in [-0.05, 0) is 6.92 Å². The Bertz CT molecular complexity index is 356. The second-order valence-electron chi connectivity index (χ2n) is 4.55. The van der Waals surface area contributed by atoms with Crippen LogP contribution in [0.15, 0.2) is 6.07 Å². The third kappa shape index (κ3) is 2.09. The number of hydrogen-bond donors (Lipinski definition) is 1. The zero-order chi connectivity index (χ0) is 11.0. The number of anilines is 1. The van der Waals surface area contributed by atoms with Gasteiger partial charge in [0.15, 0.2) is 0 Å². The molecular formula is C11H18N4. The Labute approximate surface area is 90.5 Å². The molecule has 1 aromatic rings. The second kappa shape index (κ2) is 3.77. The summed E-state index contributed by atoms with van der Waals surface area (Å²) in [6.45, 7) is 8.06. The molecule has 82 valence electrons. The summed E-state index contributed by atoms with van der Waals surface area (Å²) >= 11 is 0. The lowest BCUT2D eigenvalue weighted by molar-refractivity contribution is 0.512. The fourth-order valence-electron chi connectivity index (χ4n) is 1.69. The van der Waals surface area contributed by atoms with Crippen LogP contribution in [0, 0.1) is 6.92 Å². The number of nitrogens with two attached hydrogens (primary N) is 1. The summed E-state index contributed by atoms with van der Waals surface area (Å²) in [5.41, 5.74) is 6.79. The molecule has 2 rings (SSSR count). The Balaban J connectivity index is 2.24. The maximum absolute atomic E-state index is 5.76. The summed E-state index contributed by atoms with van der Waals surface area (Å²) in [6.07, 6.45) is 0. The van der Waals surface area contributed by atoms with Gasteiger partial charge in [-0.15, -0.1) is 0 Å². The van der Waals surface area contributed by atoms with E-state index in [2.05, 4.69) is 28.7 Å². The van der Waals surface area contributed by atoms with E-state index >= 15 is 0 Å². The molecule has 1 fully saturated rings. The van der Waals surface area contributed by atoms with Crippen LogP contribution in [0.5, 0.6) is 0 Å². The van der Waals surface area contributed by atoms with E-state index in [4.69, 9.17) is 5.73 Å². The largest absolute Gasteiger partial charge is 0.353 e. The minimum absolute atomic E-state index is 0.308. The predicted octanol–water partition coefficient (Wildman–Crippen LogP) is 1.06. The third-order valence-corrected chi connectivity index (χ3v) is 2.61. The Hall–Kier alpha value is -1.16. The van der Waals surface area contributed by atoms with Crippen LogP contribution in [-0.2, 0) is 0 Å². The van der Waals surface area contributed by atoms with Crippen LogP contribution in [-0.4, -0.2) is 29.1 Å². The topological polar surface area (TPSA) is 55.0 Å². The maximum Gasteiger partial charge on any atom is 0.133 e. The highest BCUT2D eigenvalue weighted by Gasteiger charge is 2.24. The van der Waals surface area contributed by atoms with Crippen LogP contribution < -0.4 is 10.6 Å². The van der Waals surface area contributed by atoms with Crippen molar-refractivity contribution < 1.29 is 0 Å². The van der Waals surface area contributed by atoms with Crippen LogP contribution in [0.3, 0.4) is 0 Å². The van der Waals surface area contributed by atoms with Gasteiger partial charge >= 0.3 is 0 Å². The highest BCUT2D eigenvalue weighted by Crippen LogP contribution is 2.20. The van der Waals surface area contributed by atoms with Crippen molar-refractivity contribution in [1.82, 2.24) is 9.97 Å². The third-order valence-electron chi connectivity index (χ3n) is 2.61. The maximum atomic E-state index is 5.76. The average molecular weight is 206 g/mol. The van der Waals surface area contributed by atoms with Crippen molar-refractivity contribution in [2.45, 2.75) is 32.7 Å². The molecule has 0 amide bonds. The lowest BCUT2D eigenvalue weighted by Gasteiger charge is -2.38. The van der Waals surface area contributed by atoms with E-state index in [9.17, 15) is 0 Å². The lowest BCUT2D eigenvalue weighted by atomic mass is 10.1. The van der Waals surface area contributed by atoms with E-state index in [0.717, 1.165) is 30.4 Å². The number of hydrogen-bond acceptors (Lipinski definition) is 4. The Morgan fingerprint density at radius 2 is 2.07 bits per heavy atom. The molecule has 0 spiro atoms. The highest BCUT2D eigenvalue weighted by molar-refractivity contribution is 5.43. The van der Waals surface area contributed by atoms with Crippen LogP contribution in [0.2, 0.25) is 0 Å². The molecule has 4 nitrogen and oxygen atoms in total. The van der Waals surface area contributed by atoms with Crippen molar-refractivity contribution in [2.75, 3.05) is 18.0 Å². The minimum atomic E-state index is 0.308. The van der Waals surface area contributed by atoms with Crippen molar-refractivity contribution >= 4 is 5.82 Å². The Morgan fingerprint density at radius 1 is 1.40 bits per heavy atom. The van der Waals surface area contributed by atoms with E-state index in [1.807, 2.05) is 13.0 Å². The zero-order valence-electron chi connectivity index (χ0n) is 9.57. The van der Waals surface area contributed by atoms with Gasteiger partial charge in [0.05, 0.1) is 0 Å². The Kier molecular flexibility index (Phi) is 2.61. The van der Waals surface area contributed by atoms with Crippen molar-refractivity contribution in [3.8, 4) is 0 Å². The van der Waals surface area contributed by atoms with E-state index in [-0.39, 0.29) is 0 Å². The van der Waals surface area contributed by atoms with Crippen LogP contribution in [0.4, 0.5) is 5.82 Å². The summed E-state index contributed by atoms with van der Waals surface area (Å²) in [6, 6.07) is 2.33. The normalized spacial score (nSPS) is 17.0. The lowest BCUT2D eigenvalue weighted by Crippen LogP contribution is -2.56. The first kappa shape index (κ1) is 10.4. The number of aromatic nitrogens is 2. The molecule has 2 N–H and O–H groups in total. The minimum Gasteiger partial charge on any atom is -0.353 e. The molecule has 0 unspecified atom stereocenters. The van der Waals surface area contributed by atoms with Gasteiger partial charge in [0.25, 0.3) is 0 Å². The predicted molar refractivity (Wildman–Crippen MR) is 61.0 cm³/mol. The molecule has 15 heavy (non-hydrogen) atoms. The van der Waals surface area contributed by atoms with Gasteiger partial charge < -0.3 is 10.6 Å². The van der Waals surface area contributed by atoms with Gasteiger partial charge in [0, 0.05) is 36.8 Å². The molecule has 0 atom stereocenters. The summed E-state index contributed by atoms with van der Waals surface area (Å²) < 4.78 is 0. The number of nitrogens with zero attached hydrogens (tertiary/aromatic N) is 3. The summed E-state index contributed by atoms with van der Waals surface area (Å²) in [4.78, 5) is 11.2. The van der Waals surface area contributed by atoms with Gasteiger partial charge in [0.2, 0.25) is 0 Å². The summed E-state index contributed by atoms with van der Waals surface area (Å²) in [5.74, 6) is 2.32. The van der Waals surface area contributed by atoms with E-state index < -0.39 is 0 Å². The molecule has 1 aliphatic rings. The van der Waals surface area contributed by atoms with Gasteiger partial charge in [0.1, 0.15) is 11.6 Å².